The Kier molecular flexibility index (Phi) is 6.81. The van der Waals surface area contributed by atoms with E-state index in [0.29, 0.717) is 0 Å². The van der Waals surface area contributed by atoms with Gasteiger partial charge in [0, 0.05) is 0 Å². The lowest BCUT2D eigenvalue weighted by Crippen LogP contribution is -2.51. The summed E-state index contributed by atoms with van der Waals surface area (Å²) >= 11 is 0. The Morgan fingerprint density at radius 1 is 0.842 bits per heavy atom. The van der Waals surface area contributed by atoms with Gasteiger partial charge in [0.2, 0.25) is 0 Å². The second-order valence-corrected chi connectivity index (χ2v) is 16.0. The molecule has 0 heterocycles. The molecule has 0 bridgehead atoms. The zero-order valence-corrected chi connectivity index (χ0v) is 16.5. The molecule has 0 radical (unpaired) electrons. The lowest BCUT2D eigenvalue weighted by Gasteiger charge is -2.46. The van der Waals surface area contributed by atoms with Crippen LogP contribution in [0.15, 0.2) is 0 Å². The molecule has 1 fully saturated rings. The predicted molar refractivity (Wildman–Crippen MR) is 92.0 cm³/mol. The maximum Gasteiger partial charge on any atom is 0.187 e. The van der Waals surface area contributed by atoms with Crippen molar-refractivity contribution in [3.8, 4) is 0 Å². The SMILES string of the molecule is CC(C)[Si](O[SiH](C)C1CCCCC1)(C(C)C)C(C)C. The van der Waals surface area contributed by atoms with E-state index in [1.807, 2.05) is 0 Å². The fourth-order valence-corrected chi connectivity index (χ4v) is 16.5. The average molecular weight is 301 g/mol. The summed E-state index contributed by atoms with van der Waals surface area (Å²) in [6.45, 7) is 17.0. The first-order chi connectivity index (χ1) is 8.82. The highest BCUT2D eigenvalue weighted by Gasteiger charge is 2.46. The van der Waals surface area contributed by atoms with Crippen LogP contribution < -0.4 is 0 Å². The Bertz CT molecular complexity index is 236. The maximum absolute atomic E-state index is 7.04. The highest BCUT2D eigenvalue weighted by atomic mass is 28.4. The minimum absolute atomic E-state index is 0.742. The Morgan fingerprint density at radius 3 is 1.63 bits per heavy atom. The quantitative estimate of drug-likeness (QED) is 0.558. The lowest BCUT2D eigenvalue weighted by molar-refractivity contribution is 0.430. The molecule has 1 nitrogen and oxygen atoms in total. The fraction of sp³-hybridized carbons (Fsp3) is 1.00. The van der Waals surface area contributed by atoms with Gasteiger partial charge in [-0.1, -0.05) is 73.6 Å². The van der Waals surface area contributed by atoms with Crippen LogP contribution in [0.2, 0.25) is 28.7 Å². The molecule has 0 aromatic heterocycles. The molecule has 1 rings (SSSR count). The molecule has 0 aromatic rings. The van der Waals surface area contributed by atoms with E-state index in [0.717, 1.165) is 22.2 Å². The molecule has 0 N–H and O–H groups in total. The molecule has 0 amide bonds. The maximum atomic E-state index is 7.04. The summed E-state index contributed by atoms with van der Waals surface area (Å²) in [7, 11) is -2.63. The van der Waals surface area contributed by atoms with Gasteiger partial charge in [-0.2, -0.15) is 0 Å². The van der Waals surface area contributed by atoms with Crippen molar-refractivity contribution in [2.75, 3.05) is 0 Å². The molecule has 3 heteroatoms. The zero-order valence-electron chi connectivity index (χ0n) is 14.3. The van der Waals surface area contributed by atoms with Crippen LogP contribution in [0.5, 0.6) is 0 Å². The van der Waals surface area contributed by atoms with E-state index in [9.17, 15) is 0 Å². The van der Waals surface area contributed by atoms with Gasteiger partial charge in [0.25, 0.3) is 0 Å². The molecule has 0 spiro atoms. The number of hydrogen-bond donors (Lipinski definition) is 0. The van der Waals surface area contributed by atoms with E-state index in [2.05, 4.69) is 48.1 Å². The Morgan fingerprint density at radius 2 is 1.26 bits per heavy atom. The summed E-state index contributed by atoms with van der Waals surface area (Å²) in [4.78, 5) is 0. The minimum Gasteiger partial charge on any atom is -0.457 e. The van der Waals surface area contributed by atoms with Crippen LogP contribution in [-0.2, 0) is 4.12 Å². The smallest absolute Gasteiger partial charge is 0.187 e. The molecule has 1 unspecified atom stereocenters. The Balaban J connectivity index is 2.81. The molecule has 1 saturated carbocycles. The van der Waals surface area contributed by atoms with Crippen LogP contribution in [-0.4, -0.2) is 17.4 Å². The normalized spacial score (nSPS) is 20.5. The average Bonchev–Trinajstić information content (AvgIpc) is 2.35. The molecule has 1 atom stereocenters. The van der Waals surface area contributed by atoms with E-state index >= 15 is 0 Å². The molecule has 0 aliphatic heterocycles. The summed E-state index contributed by atoms with van der Waals surface area (Å²) in [5.41, 5.74) is 3.18. The van der Waals surface area contributed by atoms with Gasteiger partial charge >= 0.3 is 0 Å². The summed E-state index contributed by atoms with van der Waals surface area (Å²) in [6, 6.07) is 0. The van der Waals surface area contributed by atoms with E-state index in [4.69, 9.17) is 4.12 Å². The van der Waals surface area contributed by atoms with Crippen LogP contribution in [0.1, 0.15) is 73.6 Å². The first kappa shape index (κ1) is 17.4. The highest BCUT2D eigenvalue weighted by molar-refractivity contribution is 6.83. The van der Waals surface area contributed by atoms with Gasteiger partial charge in [0.15, 0.2) is 17.4 Å². The van der Waals surface area contributed by atoms with Gasteiger partial charge in [-0.15, -0.1) is 0 Å². The molecular weight excluding hydrogens is 264 g/mol. The fourth-order valence-electron chi connectivity index (χ4n) is 4.43. The van der Waals surface area contributed by atoms with Crippen molar-refractivity contribution in [3.63, 3.8) is 0 Å². The predicted octanol–water partition coefficient (Wildman–Crippen LogP) is 5.87. The summed E-state index contributed by atoms with van der Waals surface area (Å²) in [6.07, 6.45) is 7.26. The monoisotopic (exact) mass is 300 g/mol. The van der Waals surface area contributed by atoms with E-state index in [-0.39, 0.29) is 0 Å². The van der Waals surface area contributed by atoms with Crippen LogP contribution in [0, 0.1) is 0 Å². The van der Waals surface area contributed by atoms with Gasteiger partial charge in [-0.05, 0) is 28.7 Å². The first-order valence-corrected chi connectivity index (χ1v) is 12.9. The van der Waals surface area contributed by atoms with Gasteiger partial charge < -0.3 is 4.12 Å². The first-order valence-electron chi connectivity index (χ1n) is 8.50. The third-order valence-corrected chi connectivity index (χ3v) is 15.9. The Labute approximate surface area is 124 Å². The van der Waals surface area contributed by atoms with Crippen LogP contribution >= 0.6 is 0 Å². The van der Waals surface area contributed by atoms with Crippen molar-refractivity contribution in [1.82, 2.24) is 0 Å². The third kappa shape index (κ3) is 3.95. The van der Waals surface area contributed by atoms with Gasteiger partial charge in [0.1, 0.15) is 0 Å². The minimum atomic E-state index is -1.61. The molecule has 0 aromatic carbocycles. The second-order valence-electron chi connectivity index (χ2n) is 7.54. The van der Waals surface area contributed by atoms with Gasteiger partial charge in [-0.25, -0.2) is 0 Å². The zero-order chi connectivity index (χ0) is 14.6. The summed E-state index contributed by atoms with van der Waals surface area (Å²) in [5.74, 6) is 0. The van der Waals surface area contributed by atoms with E-state index in [1.165, 1.54) is 32.1 Å². The van der Waals surface area contributed by atoms with E-state index in [1.54, 1.807) is 0 Å². The van der Waals surface area contributed by atoms with Crippen molar-refractivity contribution in [1.29, 1.82) is 0 Å². The summed E-state index contributed by atoms with van der Waals surface area (Å²) in [5, 5.41) is 0. The molecule has 114 valence electrons. The van der Waals surface area contributed by atoms with Crippen LogP contribution in [0.4, 0.5) is 0 Å². The largest absolute Gasteiger partial charge is 0.457 e. The van der Waals surface area contributed by atoms with Crippen molar-refractivity contribution in [2.45, 2.75) is 102 Å². The van der Waals surface area contributed by atoms with Crippen molar-refractivity contribution >= 4 is 17.4 Å². The van der Waals surface area contributed by atoms with Gasteiger partial charge in [-0.3, -0.25) is 0 Å². The van der Waals surface area contributed by atoms with Crippen LogP contribution in [0.3, 0.4) is 0 Å². The van der Waals surface area contributed by atoms with Gasteiger partial charge in [0.05, 0.1) is 0 Å². The molecule has 1 aliphatic carbocycles. The Hall–Kier alpha value is 0.394. The summed E-state index contributed by atoms with van der Waals surface area (Å²) < 4.78 is 7.04. The van der Waals surface area contributed by atoms with E-state index < -0.39 is 17.4 Å². The third-order valence-electron chi connectivity index (χ3n) is 5.41. The van der Waals surface area contributed by atoms with Crippen molar-refractivity contribution < 1.29 is 4.12 Å². The highest BCUT2D eigenvalue weighted by Crippen LogP contribution is 2.44. The molecule has 0 saturated heterocycles. The molecule has 19 heavy (non-hydrogen) atoms. The van der Waals surface area contributed by atoms with Crippen LogP contribution in [0.25, 0.3) is 0 Å². The van der Waals surface area contributed by atoms with Crippen molar-refractivity contribution in [3.05, 3.63) is 0 Å². The number of hydrogen-bond acceptors (Lipinski definition) is 1. The second kappa shape index (κ2) is 7.42. The standard InChI is InChI=1S/C16H36OSi2/c1-13(2)19(14(3)4,15(5)6)17-18(7)16-11-9-8-10-12-16/h13-16,18H,8-12H2,1-7H3. The molecule has 1 aliphatic rings. The topological polar surface area (TPSA) is 9.23 Å². The lowest BCUT2D eigenvalue weighted by atomic mass is 10.0. The number of rotatable bonds is 6. The van der Waals surface area contributed by atoms with Crippen molar-refractivity contribution in [2.24, 2.45) is 0 Å². The molecular formula is C16H36OSi2.